The van der Waals surface area contributed by atoms with Crippen LogP contribution in [0.4, 0.5) is 18.9 Å². The number of benzene rings is 1. The number of halogens is 3. The SMILES string of the molecule is C[C@@H]1CNC[C@@H](C)N1c1ccc2c(C3CCC(=O)NC3=O)nn(C)c2c1.O=C(O)C(F)(F)F. The molecule has 2 saturated heterocycles. The molecule has 3 atom stereocenters. The van der Waals surface area contributed by atoms with Crippen molar-refractivity contribution in [2.24, 2.45) is 7.05 Å². The topological polar surface area (TPSA) is 117 Å². The lowest BCUT2D eigenvalue weighted by Gasteiger charge is -2.41. The van der Waals surface area contributed by atoms with Crippen molar-refractivity contribution in [3.8, 4) is 0 Å². The van der Waals surface area contributed by atoms with Gasteiger partial charge in [-0.1, -0.05) is 0 Å². The van der Waals surface area contributed by atoms with E-state index in [0.29, 0.717) is 24.9 Å². The number of rotatable bonds is 2. The van der Waals surface area contributed by atoms with E-state index in [-0.39, 0.29) is 17.7 Å². The van der Waals surface area contributed by atoms with E-state index in [1.54, 1.807) is 0 Å². The second kappa shape index (κ2) is 9.38. The Labute approximate surface area is 187 Å². The Morgan fingerprint density at radius 2 is 1.79 bits per heavy atom. The van der Waals surface area contributed by atoms with Crippen molar-refractivity contribution < 1.29 is 32.7 Å². The number of aliphatic carboxylic acids is 1. The first kappa shape index (κ1) is 24.5. The number of hydrogen-bond donors (Lipinski definition) is 3. The first-order chi connectivity index (χ1) is 15.4. The van der Waals surface area contributed by atoms with E-state index in [1.807, 2.05) is 11.7 Å². The number of carbonyl (C=O) groups excluding carboxylic acids is 2. The van der Waals surface area contributed by atoms with Gasteiger partial charge in [-0.3, -0.25) is 19.6 Å². The zero-order valence-corrected chi connectivity index (χ0v) is 18.4. The number of nitrogens with one attached hydrogen (secondary N) is 2. The van der Waals surface area contributed by atoms with Crippen molar-refractivity contribution in [3.63, 3.8) is 0 Å². The average molecular weight is 469 g/mol. The second-order valence-corrected chi connectivity index (χ2v) is 8.28. The number of amides is 2. The van der Waals surface area contributed by atoms with E-state index < -0.39 is 12.1 Å². The molecule has 2 aromatic rings. The Balaban J connectivity index is 0.000000383. The Morgan fingerprint density at radius 1 is 1.18 bits per heavy atom. The zero-order chi connectivity index (χ0) is 24.5. The van der Waals surface area contributed by atoms with Crippen molar-refractivity contribution in [2.75, 3.05) is 18.0 Å². The summed E-state index contributed by atoms with van der Waals surface area (Å²) in [6.07, 6.45) is -4.20. The van der Waals surface area contributed by atoms with Crippen molar-refractivity contribution in [1.29, 1.82) is 0 Å². The molecule has 1 unspecified atom stereocenters. The smallest absolute Gasteiger partial charge is 0.475 e. The first-order valence-electron chi connectivity index (χ1n) is 10.5. The van der Waals surface area contributed by atoms with Crippen molar-refractivity contribution in [1.82, 2.24) is 20.4 Å². The number of carboxylic acid groups (broad SMARTS) is 1. The van der Waals surface area contributed by atoms with Crippen molar-refractivity contribution in [3.05, 3.63) is 23.9 Å². The van der Waals surface area contributed by atoms with Gasteiger partial charge >= 0.3 is 12.1 Å². The molecule has 180 valence electrons. The normalized spacial score (nSPS) is 23.7. The number of fused-ring (bicyclic) bond motifs is 1. The van der Waals surface area contributed by atoms with Crippen LogP contribution in [-0.4, -0.2) is 64.0 Å². The summed E-state index contributed by atoms with van der Waals surface area (Å²) < 4.78 is 33.6. The predicted molar refractivity (Wildman–Crippen MR) is 114 cm³/mol. The number of carboxylic acids is 1. The van der Waals surface area contributed by atoms with Crippen molar-refractivity contribution >= 4 is 34.4 Å². The highest BCUT2D eigenvalue weighted by Gasteiger charge is 2.38. The Hall–Kier alpha value is -3.15. The number of alkyl halides is 3. The number of aromatic nitrogens is 2. The predicted octanol–water partition coefficient (Wildman–Crippen LogP) is 1.91. The summed E-state index contributed by atoms with van der Waals surface area (Å²) >= 11 is 0. The number of hydrogen-bond acceptors (Lipinski definition) is 6. The standard InChI is InChI=1S/C19H25N5O2.C2HF3O2/c1-11-9-20-10-12(2)24(11)13-4-5-14-16(8-13)23(3)22-18(14)15-6-7-17(25)21-19(15)26;3-2(4,5)1(6)7/h4-5,8,11-12,15,20H,6-7,9-10H2,1-3H3,(H,21,25,26);(H,6,7)/t11-,12-,15?;/m1./s1. The van der Waals surface area contributed by atoms with Crippen LogP contribution in [-0.2, 0) is 21.4 Å². The number of piperazine rings is 1. The summed E-state index contributed by atoms with van der Waals surface area (Å²) in [6.45, 7) is 6.39. The highest BCUT2D eigenvalue weighted by molar-refractivity contribution is 6.02. The summed E-state index contributed by atoms with van der Waals surface area (Å²) in [7, 11) is 1.91. The molecule has 4 rings (SSSR count). The number of anilines is 1. The van der Waals surface area contributed by atoms with E-state index in [4.69, 9.17) is 9.90 Å². The summed E-state index contributed by atoms with van der Waals surface area (Å²) in [5.41, 5.74) is 2.96. The molecule has 2 aliphatic rings. The van der Waals surface area contributed by atoms with Gasteiger partial charge in [-0.05, 0) is 38.5 Å². The van der Waals surface area contributed by atoms with E-state index in [0.717, 1.165) is 29.7 Å². The fraction of sp³-hybridized carbons (Fsp3) is 0.524. The van der Waals surface area contributed by atoms with Gasteiger partial charge in [0.2, 0.25) is 11.8 Å². The molecule has 3 heterocycles. The van der Waals surface area contributed by atoms with Crippen LogP contribution in [0.5, 0.6) is 0 Å². The molecule has 0 spiro atoms. The van der Waals surface area contributed by atoms with Gasteiger partial charge in [0.05, 0.1) is 17.1 Å². The highest BCUT2D eigenvalue weighted by Crippen LogP contribution is 2.33. The number of aryl methyl sites for hydroxylation is 1. The molecular weight excluding hydrogens is 443 g/mol. The molecule has 1 aromatic heterocycles. The van der Waals surface area contributed by atoms with Gasteiger partial charge in [-0.2, -0.15) is 18.3 Å². The van der Waals surface area contributed by atoms with Crippen LogP contribution in [0.25, 0.3) is 10.9 Å². The van der Waals surface area contributed by atoms with Gasteiger partial charge in [-0.15, -0.1) is 0 Å². The maximum atomic E-state index is 12.3. The van der Waals surface area contributed by atoms with Crippen LogP contribution in [0.15, 0.2) is 18.2 Å². The third-order valence-electron chi connectivity index (χ3n) is 5.80. The monoisotopic (exact) mass is 469 g/mol. The average Bonchev–Trinajstić information content (AvgIpc) is 3.03. The molecule has 2 amide bonds. The van der Waals surface area contributed by atoms with E-state index in [9.17, 15) is 22.8 Å². The number of nitrogens with zero attached hydrogens (tertiary/aromatic N) is 3. The van der Waals surface area contributed by atoms with Crippen LogP contribution in [0.3, 0.4) is 0 Å². The van der Waals surface area contributed by atoms with Gasteiger partial charge in [0.1, 0.15) is 0 Å². The molecule has 9 nitrogen and oxygen atoms in total. The van der Waals surface area contributed by atoms with Crippen LogP contribution >= 0.6 is 0 Å². The molecule has 0 radical (unpaired) electrons. The summed E-state index contributed by atoms with van der Waals surface area (Å²) in [4.78, 5) is 35.0. The van der Waals surface area contributed by atoms with Gasteiger partial charge < -0.3 is 15.3 Å². The van der Waals surface area contributed by atoms with E-state index in [1.165, 1.54) is 5.69 Å². The summed E-state index contributed by atoms with van der Waals surface area (Å²) in [5, 5.41) is 18.6. The quantitative estimate of drug-likeness (QED) is 0.576. The Morgan fingerprint density at radius 3 is 2.33 bits per heavy atom. The Bertz CT molecular complexity index is 1060. The minimum absolute atomic E-state index is 0.199. The molecule has 0 bridgehead atoms. The molecule has 2 aliphatic heterocycles. The fourth-order valence-electron chi connectivity index (χ4n) is 4.29. The maximum Gasteiger partial charge on any atom is 0.490 e. The zero-order valence-electron chi connectivity index (χ0n) is 18.4. The maximum absolute atomic E-state index is 12.3. The molecule has 2 fully saturated rings. The molecule has 0 aliphatic carbocycles. The van der Waals surface area contributed by atoms with Gasteiger partial charge in [-0.25, -0.2) is 4.79 Å². The van der Waals surface area contributed by atoms with Crippen LogP contribution in [0.1, 0.15) is 38.3 Å². The van der Waals surface area contributed by atoms with Gasteiger partial charge in [0.15, 0.2) is 0 Å². The lowest BCUT2D eigenvalue weighted by atomic mass is 9.92. The van der Waals surface area contributed by atoms with Crippen LogP contribution in [0.2, 0.25) is 0 Å². The van der Waals surface area contributed by atoms with Crippen LogP contribution < -0.4 is 15.5 Å². The molecular formula is C21H26F3N5O4. The molecule has 1 aromatic carbocycles. The first-order valence-corrected chi connectivity index (χ1v) is 10.5. The third kappa shape index (κ3) is 5.27. The number of piperidine rings is 1. The fourth-order valence-corrected chi connectivity index (χ4v) is 4.29. The van der Waals surface area contributed by atoms with Crippen molar-refractivity contribution in [2.45, 2.75) is 50.9 Å². The van der Waals surface area contributed by atoms with E-state index >= 15 is 0 Å². The third-order valence-corrected chi connectivity index (χ3v) is 5.80. The van der Waals surface area contributed by atoms with Gasteiger partial charge in [0.25, 0.3) is 0 Å². The lowest BCUT2D eigenvalue weighted by Crippen LogP contribution is -2.55. The minimum Gasteiger partial charge on any atom is -0.475 e. The summed E-state index contributed by atoms with van der Waals surface area (Å²) in [6, 6.07) is 7.18. The number of imide groups is 1. The summed E-state index contributed by atoms with van der Waals surface area (Å²) in [5.74, 6) is -3.56. The second-order valence-electron chi connectivity index (χ2n) is 8.28. The lowest BCUT2D eigenvalue weighted by molar-refractivity contribution is -0.192. The van der Waals surface area contributed by atoms with E-state index in [2.05, 4.69) is 52.7 Å². The Kier molecular flexibility index (Phi) is 6.96. The molecule has 12 heteroatoms. The highest BCUT2D eigenvalue weighted by atomic mass is 19.4. The minimum atomic E-state index is -5.08. The largest absolute Gasteiger partial charge is 0.490 e. The molecule has 0 saturated carbocycles. The van der Waals surface area contributed by atoms with Gasteiger partial charge in [0, 0.05) is 49.7 Å². The number of carbonyl (C=O) groups is 3. The molecule has 33 heavy (non-hydrogen) atoms. The molecule has 3 N–H and O–H groups in total. The van der Waals surface area contributed by atoms with Crippen LogP contribution in [0, 0.1) is 0 Å².